The highest BCUT2D eigenvalue weighted by Crippen LogP contribution is 2.22. The first-order valence-electron chi connectivity index (χ1n) is 6.81. The molecule has 1 saturated heterocycles. The van der Waals surface area contributed by atoms with Crippen LogP contribution in [0.15, 0.2) is 18.2 Å². The molecule has 0 aromatic heterocycles. The lowest BCUT2D eigenvalue weighted by molar-refractivity contribution is 0.0599. The van der Waals surface area contributed by atoms with E-state index in [1.807, 2.05) is 17.9 Å². The molecule has 1 amide bonds. The van der Waals surface area contributed by atoms with Gasteiger partial charge in [0.05, 0.1) is 12.6 Å². The highest BCUT2D eigenvalue weighted by atomic mass is 35.5. The second-order valence-electron chi connectivity index (χ2n) is 5.14. The van der Waals surface area contributed by atoms with E-state index in [1.54, 1.807) is 12.1 Å². The van der Waals surface area contributed by atoms with E-state index in [2.05, 4.69) is 0 Å². The van der Waals surface area contributed by atoms with E-state index >= 15 is 0 Å². The first kappa shape index (κ1) is 14.4. The number of aliphatic hydroxyl groups excluding tert-OH is 1. The van der Waals surface area contributed by atoms with Gasteiger partial charge in [-0.2, -0.15) is 0 Å². The summed E-state index contributed by atoms with van der Waals surface area (Å²) in [6, 6.07) is 5.31. The molecule has 0 aliphatic carbocycles. The minimum Gasteiger partial charge on any atom is -0.394 e. The number of carbonyl (C=O) groups excluding carboxylic acids is 1. The third-order valence-corrected chi connectivity index (χ3v) is 4.01. The maximum atomic E-state index is 12.7. The molecular weight excluding hydrogens is 262 g/mol. The average molecular weight is 282 g/mol. The highest BCUT2D eigenvalue weighted by Gasteiger charge is 2.26. The Kier molecular flexibility index (Phi) is 4.83. The van der Waals surface area contributed by atoms with Crippen LogP contribution in [0.5, 0.6) is 0 Å². The predicted octanol–water partition coefficient (Wildman–Crippen LogP) is 3.03. The van der Waals surface area contributed by atoms with E-state index in [0.29, 0.717) is 10.6 Å². The summed E-state index contributed by atoms with van der Waals surface area (Å²) < 4.78 is 0. The standard InChI is InChI=1S/C15H20ClNO2/c1-11-6-7-12(16)9-14(11)15(19)17-8-4-2-3-5-13(17)10-18/h6-7,9,13,18H,2-5,8,10H2,1H3. The number of benzene rings is 1. The van der Waals surface area contributed by atoms with E-state index in [-0.39, 0.29) is 18.6 Å². The first-order chi connectivity index (χ1) is 9.13. The lowest BCUT2D eigenvalue weighted by Gasteiger charge is -2.29. The van der Waals surface area contributed by atoms with Crippen molar-refractivity contribution in [3.63, 3.8) is 0 Å². The Bertz CT molecular complexity index is 461. The van der Waals surface area contributed by atoms with Crippen molar-refractivity contribution < 1.29 is 9.90 Å². The molecule has 1 atom stereocenters. The summed E-state index contributed by atoms with van der Waals surface area (Å²) in [5.74, 6) is -0.0130. The molecule has 0 bridgehead atoms. The number of hydrogen-bond acceptors (Lipinski definition) is 2. The van der Waals surface area contributed by atoms with Gasteiger partial charge in [0.25, 0.3) is 5.91 Å². The van der Waals surface area contributed by atoms with E-state index in [0.717, 1.165) is 37.8 Å². The molecule has 19 heavy (non-hydrogen) atoms. The Morgan fingerprint density at radius 1 is 1.42 bits per heavy atom. The van der Waals surface area contributed by atoms with Crippen molar-refractivity contribution in [1.82, 2.24) is 4.90 Å². The smallest absolute Gasteiger partial charge is 0.254 e. The van der Waals surface area contributed by atoms with Gasteiger partial charge in [0.2, 0.25) is 0 Å². The molecule has 1 N–H and O–H groups in total. The summed E-state index contributed by atoms with van der Waals surface area (Å²) in [6.45, 7) is 2.66. The number of carbonyl (C=O) groups is 1. The van der Waals surface area contributed by atoms with Crippen molar-refractivity contribution in [2.45, 2.75) is 38.6 Å². The van der Waals surface area contributed by atoms with Crippen molar-refractivity contribution in [3.8, 4) is 0 Å². The minimum atomic E-state index is -0.0617. The maximum absolute atomic E-state index is 12.7. The molecule has 0 saturated carbocycles. The van der Waals surface area contributed by atoms with Crippen molar-refractivity contribution in [2.24, 2.45) is 0 Å². The zero-order valence-corrected chi connectivity index (χ0v) is 12.0. The Morgan fingerprint density at radius 3 is 2.95 bits per heavy atom. The van der Waals surface area contributed by atoms with Crippen molar-refractivity contribution in [1.29, 1.82) is 0 Å². The van der Waals surface area contributed by atoms with E-state index in [9.17, 15) is 9.90 Å². The van der Waals surface area contributed by atoms with Crippen LogP contribution >= 0.6 is 11.6 Å². The number of rotatable bonds is 2. The summed E-state index contributed by atoms with van der Waals surface area (Å²) in [5.41, 5.74) is 1.57. The molecule has 1 fully saturated rings. The molecule has 1 aliphatic heterocycles. The fourth-order valence-corrected chi connectivity index (χ4v) is 2.79. The summed E-state index contributed by atoms with van der Waals surface area (Å²) in [4.78, 5) is 14.5. The monoisotopic (exact) mass is 281 g/mol. The largest absolute Gasteiger partial charge is 0.394 e. The average Bonchev–Trinajstić information content (AvgIpc) is 2.65. The maximum Gasteiger partial charge on any atom is 0.254 e. The lowest BCUT2D eigenvalue weighted by atomic mass is 10.1. The van der Waals surface area contributed by atoms with Gasteiger partial charge in [-0.25, -0.2) is 0 Å². The van der Waals surface area contributed by atoms with Crippen LogP contribution in [0.25, 0.3) is 0 Å². The number of nitrogens with zero attached hydrogens (tertiary/aromatic N) is 1. The summed E-state index contributed by atoms with van der Waals surface area (Å²) in [6.07, 6.45) is 4.07. The zero-order valence-electron chi connectivity index (χ0n) is 11.2. The van der Waals surface area contributed by atoms with Crippen LogP contribution in [-0.4, -0.2) is 35.1 Å². The third-order valence-electron chi connectivity index (χ3n) is 3.78. The van der Waals surface area contributed by atoms with E-state index in [1.165, 1.54) is 0 Å². The second-order valence-corrected chi connectivity index (χ2v) is 5.58. The predicted molar refractivity (Wildman–Crippen MR) is 76.6 cm³/mol. The number of aryl methyl sites for hydroxylation is 1. The molecule has 1 aromatic rings. The summed E-state index contributed by atoms with van der Waals surface area (Å²) in [5, 5.41) is 10.1. The molecule has 104 valence electrons. The number of hydrogen-bond donors (Lipinski definition) is 1. The Labute approximate surface area is 119 Å². The summed E-state index contributed by atoms with van der Waals surface area (Å²) >= 11 is 5.98. The van der Waals surface area contributed by atoms with Gasteiger partial charge in [-0.3, -0.25) is 4.79 Å². The van der Waals surface area contributed by atoms with Crippen molar-refractivity contribution >= 4 is 17.5 Å². The number of halogens is 1. The molecule has 1 aliphatic rings. The Balaban J connectivity index is 2.27. The van der Waals surface area contributed by atoms with Gasteiger partial charge in [-0.1, -0.05) is 30.5 Å². The van der Waals surface area contributed by atoms with Crippen LogP contribution < -0.4 is 0 Å². The van der Waals surface area contributed by atoms with Crippen molar-refractivity contribution in [2.75, 3.05) is 13.2 Å². The highest BCUT2D eigenvalue weighted by molar-refractivity contribution is 6.31. The van der Waals surface area contributed by atoms with Crippen LogP contribution in [0.4, 0.5) is 0 Å². The molecule has 1 unspecified atom stereocenters. The normalized spacial score (nSPS) is 20.2. The quantitative estimate of drug-likeness (QED) is 0.905. The fraction of sp³-hybridized carbons (Fsp3) is 0.533. The van der Waals surface area contributed by atoms with Crippen LogP contribution in [0.1, 0.15) is 41.6 Å². The molecule has 0 spiro atoms. The molecule has 0 radical (unpaired) electrons. The van der Waals surface area contributed by atoms with Crippen molar-refractivity contribution in [3.05, 3.63) is 34.3 Å². The third kappa shape index (κ3) is 3.28. The SMILES string of the molecule is Cc1ccc(Cl)cc1C(=O)N1CCCCCC1CO. The molecule has 2 rings (SSSR count). The molecule has 4 heteroatoms. The summed E-state index contributed by atoms with van der Waals surface area (Å²) in [7, 11) is 0. The van der Waals surface area contributed by atoms with Gasteiger partial charge in [0, 0.05) is 17.1 Å². The molecule has 1 aromatic carbocycles. The zero-order chi connectivity index (χ0) is 13.8. The van der Waals surface area contributed by atoms with E-state index < -0.39 is 0 Å². The van der Waals surface area contributed by atoms with Crippen LogP contribution in [0.3, 0.4) is 0 Å². The Hall–Kier alpha value is -1.06. The van der Waals surface area contributed by atoms with Gasteiger partial charge in [-0.15, -0.1) is 0 Å². The first-order valence-corrected chi connectivity index (χ1v) is 7.19. The molecular formula is C15H20ClNO2. The fourth-order valence-electron chi connectivity index (χ4n) is 2.61. The second kappa shape index (κ2) is 6.40. The number of likely N-dealkylation sites (tertiary alicyclic amines) is 1. The van der Waals surface area contributed by atoms with Crippen LogP contribution in [0, 0.1) is 6.92 Å². The van der Waals surface area contributed by atoms with Crippen LogP contribution in [0.2, 0.25) is 5.02 Å². The van der Waals surface area contributed by atoms with E-state index in [4.69, 9.17) is 11.6 Å². The molecule has 3 nitrogen and oxygen atoms in total. The molecule has 1 heterocycles. The Morgan fingerprint density at radius 2 is 2.21 bits per heavy atom. The number of amides is 1. The van der Waals surface area contributed by atoms with Gasteiger partial charge in [0.15, 0.2) is 0 Å². The van der Waals surface area contributed by atoms with Gasteiger partial charge < -0.3 is 10.0 Å². The lowest BCUT2D eigenvalue weighted by Crippen LogP contribution is -2.42. The van der Waals surface area contributed by atoms with Gasteiger partial charge in [0.1, 0.15) is 0 Å². The van der Waals surface area contributed by atoms with Gasteiger partial charge >= 0.3 is 0 Å². The number of aliphatic hydroxyl groups is 1. The van der Waals surface area contributed by atoms with Gasteiger partial charge in [-0.05, 0) is 37.5 Å². The topological polar surface area (TPSA) is 40.5 Å². The van der Waals surface area contributed by atoms with Crippen LogP contribution in [-0.2, 0) is 0 Å². The minimum absolute atomic E-state index is 0.0130.